The minimum atomic E-state index is -0.655. The van der Waals surface area contributed by atoms with Crippen LogP contribution in [0.3, 0.4) is 0 Å². The van der Waals surface area contributed by atoms with Crippen LogP contribution in [0.5, 0.6) is 0 Å². The zero-order valence-corrected chi connectivity index (χ0v) is 16.0. The number of hydrogen-bond acceptors (Lipinski definition) is 5. The number of rotatable bonds is 8. The zero-order valence-electron chi connectivity index (χ0n) is 15.1. The Kier molecular flexibility index (Phi) is 6.88. The average molecular weight is 379 g/mol. The molecule has 1 amide bonds. The molecular formula is C19H22FNO4S. The Morgan fingerprint density at radius 3 is 2.69 bits per heavy atom. The van der Waals surface area contributed by atoms with E-state index >= 15 is 0 Å². The number of ether oxygens (including phenoxy) is 2. The molecular weight excluding hydrogens is 357 g/mol. The lowest BCUT2D eigenvalue weighted by molar-refractivity contribution is -0.133. The molecule has 1 aromatic carbocycles. The summed E-state index contributed by atoms with van der Waals surface area (Å²) in [5, 5.41) is 0.357. The highest BCUT2D eigenvalue weighted by Gasteiger charge is 2.23. The monoisotopic (exact) mass is 379 g/mol. The summed E-state index contributed by atoms with van der Waals surface area (Å²) in [6.45, 7) is 8.06. The lowest BCUT2D eigenvalue weighted by atomic mass is 10.1. The van der Waals surface area contributed by atoms with Crippen LogP contribution in [0, 0.1) is 5.82 Å². The van der Waals surface area contributed by atoms with E-state index in [2.05, 4.69) is 6.58 Å². The number of amides is 1. The van der Waals surface area contributed by atoms with Crippen LogP contribution in [0.25, 0.3) is 10.1 Å². The van der Waals surface area contributed by atoms with Gasteiger partial charge in [-0.05, 0) is 26.0 Å². The Morgan fingerprint density at radius 1 is 1.35 bits per heavy atom. The molecule has 0 unspecified atom stereocenters. The number of halogens is 1. The maximum absolute atomic E-state index is 14.2. The second-order valence-corrected chi connectivity index (χ2v) is 6.95. The molecule has 7 heteroatoms. The molecule has 2 aromatic rings. The summed E-state index contributed by atoms with van der Waals surface area (Å²) in [7, 11) is 1.47. The molecule has 1 heterocycles. The molecule has 0 spiro atoms. The van der Waals surface area contributed by atoms with E-state index in [-0.39, 0.29) is 24.0 Å². The number of carbonyl (C=O) groups is 2. The zero-order chi connectivity index (χ0) is 19.3. The lowest BCUT2D eigenvalue weighted by Gasteiger charge is -2.20. The van der Waals surface area contributed by atoms with Crippen molar-refractivity contribution in [1.82, 2.24) is 4.90 Å². The van der Waals surface area contributed by atoms with Gasteiger partial charge in [-0.3, -0.25) is 4.79 Å². The van der Waals surface area contributed by atoms with Gasteiger partial charge in [-0.15, -0.1) is 11.3 Å². The molecule has 26 heavy (non-hydrogen) atoms. The van der Waals surface area contributed by atoms with E-state index in [1.165, 1.54) is 13.2 Å². The molecule has 0 fully saturated rings. The van der Waals surface area contributed by atoms with Crippen molar-refractivity contribution >= 4 is 33.3 Å². The fourth-order valence-electron chi connectivity index (χ4n) is 2.60. The molecule has 0 saturated heterocycles. The molecule has 1 aromatic heterocycles. The van der Waals surface area contributed by atoms with Crippen LogP contribution in [0.4, 0.5) is 4.39 Å². The van der Waals surface area contributed by atoms with Crippen LogP contribution in [0.1, 0.15) is 29.1 Å². The van der Waals surface area contributed by atoms with Gasteiger partial charge in [0.15, 0.2) is 6.61 Å². The first-order chi connectivity index (χ1) is 12.4. The van der Waals surface area contributed by atoms with Crippen LogP contribution >= 0.6 is 11.3 Å². The van der Waals surface area contributed by atoms with Crippen molar-refractivity contribution in [2.75, 3.05) is 26.8 Å². The molecule has 0 saturated carbocycles. The minimum Gasteiger partial charge on any atom is -0.451 e. The third kappa shape index (κ3) is 4.47. The third-order valence-electron chi connectivity index (χ3n) is 3.76. The largest absolute Gasteiger partial charge is 0.451 e. The average Bonchev–Trinajstić information content (AvgIpc) is 2.97. The standard InChI is InChI=1S/C19H22FNO4S/c1-5-21(9-12(2)3)16(22)11-25-19(23)18-13(10-24-4)17-14(20)7-6-8-15(17)26-18/h6-8H,2,5,9-11H2,1,3-4H3. The summed E-state index contributed by atoms with van der Waals surface area (Å²) in [4.78, 5) is 26.5. The molecule has 0 N–H and O–H groups in total. The number of methoxy groups -OCH3 is 1. The van der Waals surface area contributed by atoms with Crippen molar-refractivity contribution in [2.45, 2.75) is 20.5 Å². The number of thiophene rings is 1. The molecule has 0 aliphatic heterocycles. The number of benzene rings is 1. The van der Waals surface area contributed by atoms with Gasteiger partial charge in [0.1, 0.15) is 10.7 Å². The van der Waals surface area contributed by atoms with Crippen LogP contribution in [-0.2, 0) is 20.9 Å². The summed E-state index contributed by atoms with van der Waals surface area (Å²) in [5.74, 6) is -1.37. The minimum absolute atomic E-state index is 0.0794. The normalized spacial score (nSPS) is 10.8. The van der Waals surface area contributed by atoms with Crippen LogP contribution in [-0.4, -0.2) is 43.6 Å². The van der Waals surface area contributed by atoms with Gasteiger partial charge in [0, 0.05) is 35.8 Å². The number of esters is 1. The lowest BCUT2D eigenvalue weighted by Crippen LogP contribution is -2.35. The summed E-state index contributed by atoms with van der Waals surface area (Å²) < 4.78 is 25.1. The Balaban J connectivity index is 2.19. The number of carbonyl (C=O) groups excluding carboxylic acids is 2. The highest BCUT2D eigenvalue weighted by Crippen LogP contribution is 2.34. The van der Waals surface area contributed by atoms with E-state index < -0.39 is 11.8 Å². The highest BCUT2D eigenvalue weighted by molar-refractivity contribution is 7.21. The van der Waals surface area contributed by atoms with Crippen molar-refractivity contribution in [3.63, 3.8) is 0 Å². The molecule has 0 aliphatic rings. The van der Waals surface area contributed by atoms with E-state index in [9.17, 15) is 14.0 Å². The van der Waals surface area contributed by atoms with Crippen molar-refractivity contribution in [3.8, 4) is 0 Å². The van der Waals surface area contributed by atoms with Gasteiger partial charge in [-0.25, -0.2) is 9.18 Å². The third-order valence-corrected chi connectivity index (χ3v) is 4.94. The predicted molar refractivity (Wildman–Crippen MR) is 99.8 cm³/mol. The van der Waals surface area contributed by atoms with Crippen molar-refractivity contribution < 1.29 is 23.5 Å². The first kappa shape index (κ1) is 20.1. The van der Waals surface area contributed by atoms with E-state index in [1.807, 2.05) is 13.8 Å². The SMILES string of the molecule is C=C(C)CN(CC)C(=O)COC(=O)c1sc2cccc(F)c2c1COC. The summed E-state index contributed by atoms with van der Waals surface area (Å²) in [6, 6.07) is 4.65. The fourth-order valence-corrected chi connectivity index (χ4v) is 3.72. The predicted octanol–water partition coefficient (Wildman–Crippen LogP) is 3.77. The van der Waals surface area contributed by atoms with Crippen LogP contribution in [0.2, 0.25) is 0 Å². The van der Waals surface area contributed by atoms with Crippen molar-refractivity contribution in [3.05, 3.63) is 46.6 Å². The molecule has 140 valence electrons. The van der Waals surface area contributed by atoms with E-state index in [0.29, 0.717) is 28.7 Å². The van der Waals surface area contributed by atoms with E-state index in [0.717, 1.165) is 16.9 Å². The Bertz CT molecular complexity index is 830. The first-order valence-electron chi connectivity index (χ1n) is 8.17. The number of nitrogens with zero attached hydrogens (tertiary/aromatic N) is 1. The van der Waals surface area contributed by atoms with Gasteiger partial charge in [0.05, 0.1) is 6.61 Å². The van der Waals surface area contributed by atoms with E-state index in [4.69, 9.17) is 9.47 Å². The Labute approximate surface area is 156 Å². The second-order valence-electron chi connectivity index (χ2n) is 5.90. The van der Waals surface area contributed by atoms with Crippen LogP contribution < -0.4 is 0 Å². The molecule has 0 atom stereocenters. The summed E-state index contributed by atoms with van der Waals surface area (Å²) in [6.07, 6.45) is 0. The maximum atomic E-state index is 14.2. The highest BCUT2D eigenvalue weighted by atomic mass is 32.1. The Hall–Kier alpha value is -2.25. The van der Waals surface area contributed by atoms with Gasteiger partial charge < -0.3 is 14.4 Å². The molecule has 0 bridgehead atoms. The smallest absolute Gasteiger partial charge is 0.349 e. The fraction of sp³-hybridized carbons (Fsp3) is 0.368. The molecule has 2 rings (SSSR count). The number of hydrogen-bond donors (Lipinski definition) is 0. The van der Waals surface area contributed by atoms with Crippen LogP contribution in [0.15, 0.2) is 30.4 Å². The first-order valence-corrected chi connectivity index (χ1v) is 8.98. The summed E-state index contributed by atoms with van der Waals surface area (Å²) in [5.41, 5.74) is 1.28. The topological polar surface area (TPSA) is 55.8 Å². The number of fused-ring (bicyclic) bond motifs is 1. The van der Waals surface area contributed by atoms with Gasteiger partial charge >= 0.3 is 5.97 Å². The van der Waals surface area contributed by atoms with Gasteiger partial charge in [-0.1, -0.05) is 18.2 Å². The van der Waals surface area contributed by atoms with Crippen molar-refractivity contribution in [1.29, 1.82) is 0 Å². The quantitative estimate of drug-likeness (QED) is 0.518. The van der Waals surface area contributed by atoms with Gasteiger partial charge in [0.2, 0.25) is 0 Å². The van der Waals surface area contributed by atoms with E-state index in [1.54, 1.807) is 17.0 Å². The molecule has 0 radical (unpaired) electrons. The number of likely N-dealkylation sites (N-methyl/N-ethyl adjacent to an activating group) is 1. The molecule has 0 aliphatic carbocycles. The van der Waals surface area contributed by atoms with Gasteiger partial charge in [0.25, 0.3) is 5.91 Å². The Morgan fingerprint density at radius 2 is 2.08 bits per heavy atom. The van der Waals surface area contributed by atoms with Gasteiger partial charge in [-0.2, -0.15) is 0 Å². The maximum Gasteiger partial charge on any atom is 0.349 e. The summed E-state index contributed by atoms with van der Waals surface area (Å²) >= 11 is 1.13. The molecule has 5 nitrogen and oxygen atoms in total. The van der Waals surface area contributed by atoms with Crippen molar-refractivity contribution in [2.24, 2.45) is 0 Å². The second kappa shape index (κ2) is 8.91.